The first-order valence-electron chi connectivity index (χ1n) is 7.69. The Labute approximate surface area is 129 Å². The molecule has 0 radical (unpaired) electrons. The van der Waals surface area contributed by atoms with Crippen LogP contribution in [0, 0.1) is 0 Å². The molecule has 21 heavy (non-hydrogen) atoms. The van der Waals surface area contributed by atoms with E-state index >= 15 is 0 Å². The Morgan fingerprint density at radius 2 is 1.67 bits per heavy atom. The molecule has 0 aliphatic carbocycles. The molecule has 0 amide bonds. The molecule has 1 fully saturated rings. The van der Waals surface area contributed by atoms with Gasteiger partial charge < -0.3 is 14.0 Å². The number of benzene rings is 1. The highest BCUT2D eigenvalue weighted by Gasteiger charge is 2.51. The predicted molar refractivity (Wildman–Crippen MR) is 86.8 cm³/mol. The molecule has 1 heterocycles. The molecule has 1 aliphatic heterocycles. The second-order valence-corrected chi connectivity index (χ2v) is 7.16. The first-order chi connectivity index (χ1) is 9.59. The van der Waals surface area contributed by atoms with Gasteiger partial charge in [-0.3, -0.25) is 0 Å². The molecule has 1 aromatic carbocycles. The van der Waals surface area contributed by atoms with Crippen molar-refractivity contribution < 1.29 is 14.0 Å². The Balaban J connectivity index is 2.27. The lowest BCUT2D eigenvalue weighted by Gasteiger charge is -2.32. The van der Waals surface area contributed by atoms with Crippen molar-refractivity contribution in [1.82, 2.24) is 0 Å². The lowest BCUT2D eigenvalue weighted by molar-refractivity contribution is -0.0139. The van der Waals surface area contributed by atoms with E-state index in [1.165, 1.54) is 0 Å². The van der Waals surface area contributed by atoms with Gasteiger partial charge in [0, 0.05) is 6.61 Å². The zero-order valence-electron chi connectivity index (χ0n) is 14.3. The van der Waals surface area contributed by atoms with Crippen molar-refractivity contribution >= 4 is 12.6 Å². The van der Waals surface area contributed by atoms with Crippen molar-refractivity contribution in [1.29, 1.82) is 0 Å². The second kappa shape index (κ2) is 5.42. The van der Waals surface area contributed by atoms with E-state index in [2.05, 4.69) is 53.7 Å². The van der Waals surface area contributed by atoms with Gasteiger partial charge in [-0.05, 0) is 59.5 Å². The second-order valence-electron chi connectivity index (χ2n) is 7.16. The summed E-state index contributed by atoms with van der Waals surface area (Å²) in [7, 11) is -0.327. The smallest absolute Gasteiger partial charge is 0.399 e. The van der Waals surface area contributed by atoms with Crippen LogP contribution < -0.4 is 5.46 Å². The van der Waals surface area contributed by atoms with Gasteiger partial charge in [-0.2, -0.15) is 0 Å². The van der Waals surface area contributed by atoms with Crippen LogP contribution in [0.25, 0.3) is 0 Å². The summed E-state index contributed by atoms with van der Waals surface area (Å²) in [5, 5.41) is 0. The molecule has 0 aromatic heterocycles. The van der Waals surface area contributed by atoms with Gasteiger partial charge in [0.25, 0.3) is 0 Å². The molecule has 4 heteroatoms. The summed E-state index contributed by atoms with van der Waals surface area (Å²) in [5.41, 5.74) is 1.23. The zero-order chi connectivity index (χ0) is 15.9. The molecule has 2 rings (SSSR count). The Bertz CT molecular complexity index is 493. The Hall–Kier alpha value is -0.835. The minimum atomic E-state index is -0.327. The molecule has 0 unspecified atom stereocenters. The van der Waals surface area contributed by atoms with Crippen LogP contribution in [0.15, 0.2) is 24.3 Å². The van der Waals surface area contributed by atoms with Crippen molar-refractivity contribution in [2.24, 2.45) is 0 Å². The van der Waals surface area contributed by atoms with Gasteiger partial charge in [0.1, 0.15) is 0 Å². The number of hydrogen-bond acceptors (Lipinski definition) is 3. The van der Waals surface area contributed by atoms with Crippen molar-refractivity contribution in [3.63, 3.8) is 0 Å². The molecule has 1 aliphatic rings. The van der Waals surface area contributed by atoms with E-state index in [9.17, 15) is 0 Å². The third kappa shape index (κ3) is 3.18. The first-order valence-corrected chi connectivity index (χ1v) is 7.69. The van der Waals surface area contributed by atoms with Gasteiger partial charge in [0.2, 0.25) is 0 Å². The molecular weight excluding hydrogens is 263 g/mol. The van der Waals surface area contributed by atoms with E-state index in [4.69, 9.17) is 14.0 Å². The van der Waals surface area contributed by atoms with Crippen LogP contribution in [0.1, 0.15) is 54.0 Å². The first kappa shape index (κ1) is 16.5. The molecular formula is C17H27BO3. The van der Waals surface area contributed by atoms with Crippen molar-refractivity contribution in [3.05, 3.63) is 29.8 Å². The molecule has 0 spiro atoms. The Morgan fingerprint density at radius 3 is 2.19 bits per heavy atom. The fraction of sp³-hybridized carbons (Fsp3) is 0.647. The summed E-state index contributed by atoms with van der Waals surface area (Å²) >= 11 is 0. The minimum Gasteiger partial charge on any atom is -0.399 e. The van der Waals surface area contributed by atoms with E-state index in [1.807, 2.05) is 19.1 Å². The van der Waals surface area contributed by atoms with Gasteiger partial charge >= 0.3 is 7.12 Å². The van der Waals surface area contributed by atoms with E-state index in [-0.39, 0.29) is 23.9 Å². The maximum Gasteiger partial charge on any atom is 0.494 e. The molecule has 1 saturated heterocycles. The van der Waals surface area contributed by atoms with Gasteiger partial charge in [-0.1, -0.05) is 24.3 Å². The average Bonchev–Trinajstić information content (AvgIpc) is 2.59. The molecule has 0 atom stereocenters. The summed E-state index contributed by atoms with van der Waals surface area (Å²) in [4.78, 5) is 0. The number of ether oxygens (including phenoxy) is 1. The third-order valence-electron chi connectivity index (χ3n) is 4.61. The average molecular weight is 290 g/mol. The van der Waals surface area contributed by atoms with Gasteiger partial charge in [0.05, 0.1) is 16.8 Å². The maximum atomic E-state index is 6.11. The van der Waals surface area contributed by atoms with Crippen LogP contribution in [0.2, 0.25) is 0 Å². The van der Waals surface area contributed by atoms with Crippen LogP contribution in [-0.4, -0.2) is 24.9 Å². The molecule has 0 bridgehead atoms. The molecule has 0 N–H and O–H groups in total. The topological polar surface area (TPSA) is 27.7 Å². The SMILES string of the molecule is CCOC(C)(C)c1cccc(B2OC(C)(C)C(C)(C)O2)c1. The van der Waals surface area contributed by atoms with Crippen LogP contribution in [-0.2, 0) is 19.6 Å². The van der Waals surface area contributed by atoms with E-state index in [0.29, 0.717) is 6.61 Å². The minimum absolute atomic E-state index is 0.311. The molecule has 3 nitrogen and oxygen atoms in total. The Kier molecular flexibility index (Phi) is 4.27. The number of hydrogen-bond donors (Lipinski definition) is 0. The van der Waals surface area contributed by atoms with Crippen molar-refractivity contribution in [2.75, 3.05) is 6.61 Å². The lowest BCUT2D eigenvalue weighted by atomic mass is 9.77. The highest BCUT2D eigenvalue weighted by molar-refractivity contribution is 6.62. The molecule has 1 aromatic rings. The van der Waals surface area contributed by atoms with Crippen molar-refractivity contribution in [3.8, 4) is 0 Å². The van der Waals surface area contributed by atoms with E-state index < -0.39 is 0 Å². The zero-order valence-corrected chi connectivity index (χ0v) is 14.3. The van der Waals surface area contributed by atoms with Crippen LogP contribution in [0.3, 0.4) is 0 Å². The standard InChI is InChI=1S/C17H27BO3/c1-8-19-15(2,3)13-10-9-11-14(12-13)18-20-16(4,5)17(6,7)21-18/h9-12H,8H2,1-7H3. The summed E-state index contributed by atoms with van der Waals surface area (Å²) in [5.74, 6) is 0. The summed E-state index contributed by atoms with van der Waals surface area (Å²) in [6.07, 6.45) is 0. The summed E-state index contributed by atoms with van der Waals surface area (Å²) < 4.78 is 18.1. The van der Waals surface area contributed by atoms with Crippen LogP contribution in [0.5, 0.6) is 0 Å². The summed E-state index contributed by atoms with van der Waals surface area (Å²) in [6.45, 7) is 15.1. The van der Waals surface area contributed by atoms with E-state index in [1.54, 1.807) is 0 Å². The normalized spacial score (nSPS) is 20.8. The highest BCUT2D eigenvalue weighted by atomic mass is 16.7. The maximum absolute atomic E-state index is 6.11. The quantitative estimate of drug-likeness (QED) is 0.797. The largest absolute Gasteiger partial charge is 0.494 e. The van der Waals surface area contributed by atoms with E-state index in [0.717, 1.165) is 11.0 Å². The fourth-order valence-electron chi connectivity index (χ4n) is 2.48. The fourth-order valence-corrected chi connectivity index (χ4v) is 2.48. The number of rotatable bonds is 4. The van der Waals surface area contributed by atoms with Crippen LogP contribution in [0.4, 0.5) is 0 Å². The van der Waals surface area contributed by atoms with Gasteiger partial charge in [-0.15, -0.1) is 0 Å². The highest BCUT2D eigenvalue weighted by Crippen LogP contribution is 2.36. The van der Waals surface area contributed by atoms with Crippen molar-refractivity contribution in [2.45, 2.75) is 65.3 Å². The monoisotopic (exact) mass is 290 g/mol. The van der Waals surface area contributed by atoms with Gasteiger partial charge in [-0.25, -0.2) is 0 Å². The third-order valence-corrected chi connectivity index (χ3v) is 4.61. The molecule has 0 saturated carbocycles. The Morgan fingerprint density at radius 1 is 1.10 bits per heavy atom. The van der Waals surface area contributed by atoms with Crippen LogP contribution >= 0.6 is 0 Å². The van der Waals surface area contributed by atoms with Gasteiger partial charge in [0.15, 0.2) is 0 Å². The summed E-state index contributed by atoms with van der Waals surface area (Å²) in [6, 6.07) is 8.30. The lowest BCUT2D eigenvalue weighted by Crippen LogP contribution is -2.41. The predicted octanol–water partition coefficient (Wildman–Crippen LogP) is 3.26. The molecule has 116 valence electrons.